The van der Waals surface area contributed by atoms with Gasteiger partial charge in [-0.2, -0.15) is 0 Å². The van der Waals surface area contributed by atoms with Gasteiger partial charge in [-0.05, 0) is 30.5 Å². The van der Waals surface area contributed by atoms with Gasteiger partial charge in [0.1, 0.15) is 0 Å². The fourth-order valence-electron chi connectivity index (χ4n) is 2.07. The second-order valence-corrected chi connectivity index (χ2v) is 5.23. The molecule has 0 aromatic heterocycles. The van der Waals surface area contributed by atoms with E-state index >= 15 is 0 Å². The molecule has 0 amide bonds. The number of hydrogen-bond donors (Lipinski definition) is 1. The quantitative estimate of drug-likeness (QED) is 0.398. The number of carbonyl (C=O) groups is 1. The molecule has 0 fully saturated rings. The van der Waals surface area contributed by atoms with Crippen LogP contribution in [0.1, 0.15) is 57.4 Å². The topological polar surface area (TPSA) is 52.3 Å². The summed E-state index contributed by atoms with van der Waals surface area (Å²) in [6.45, 7) is 2.77. The van der Waals surface area contributed by atoms with Crippen LogP contribution in [-0.4, -0.2) is 12.6 Å². The van der Waals surface area contributed by atoms with E-state index in [-0.39, 0.29) is 5.97 Å². The summed E-state index contributed by atoms with van der Waals surface area (Å²) in [4.78, 5) is 11.6. The summed E-state index contributed by atoms with van der Waals surface area (Å²) >= 11 is 0. The Morgan fingerprint density at radius 3 is 2.40 bits per heavy atom. The number of esters is 1. The van der Waals surface area contributed by atoms with Crippen molar-refractivity contribution < 1.29 is 9.53 Å². The molecule has 2 N–H and O–H groups in total. The van der Waals surface area contributed by atoms with Crippen molar-refractivity contribution in [1.29, 1.82) is 0 Å². The van der Waals surface area contributed by atoms with E-state index in [0.717, 1.165) is 30.5 Å². The van der Waals surface area contributed by atoms with Crippen molar-refractivity contribution in [2.24, 2.45) is 0 Å². The zero-order chi connectivity index (χ0) is 14.6. The highest BCUT2D eigenvalue weighted by Gasteiger charge is 2.03. The minimum absolute atomic E-state index is 0.101. The molecule has 0 aliphatic heterocycles. The monoisotopic (exact) mass is 277 g/mol. The van der Waals surface area contributed by atoms with Crippen molar-refractivity contribution in [2.75, 3.05) is 12.3 Å². The summed E-state index contributed by atoms with van der Waals surface area (Å²) < 4.78 is 5.23. The predicted octanol–water partition coefficient (Wildman–Crippen LogP) is 4.11. The van der Waals surface area contributed by atoms with Gasteiger partial charge in [-0.15, -0.1) is 0 Å². The molecule has 0 atom stereocenters. The van der Waals surface area contributed by atoms with E-state index in [1.807, 2.05) is 24.3 Å². The van der Waals surface area contributed by atoms with Gasteiger partial charge in [0, 0.05) is 12.1 Å². The van der Waals surface area contributed by atoms with E-state index in [9.17, 15) is 4.79 Å². The summed E-state index contributed by atoms with van der Waals surface area (Å²) in [6.07, 6.45) is 8.41. The molecular weight excluding hydrogens is 250 g/mol. The molecular formula is C17H27NO2. The number of anilines is 1. The third-order valence-corrected chi connectivity index (χ3v) is 3.36. The molecule has 0 saturated carbocycles. The van der Waals surface area contributed by atoms with Gasteiger partial charge in [0.05, 0.1) is 6.61 Å². The Kier molecular flexibility index (Phi) is 8.52. The lowest BCUT2D eigenvalue weighted by Gasteiger charge is -2.05. The zero-order valence-corrected chi connectivity index (χ0v) is 12.6. The number of nitrogens with two attached hydrogens (primary N) is 1. The summed E-state index contributed by atoms with van der Waals surface area (Å²) in [5.74, 6) is -0.101. The lowest BCUT2D eigenvalue weighted by Crippen LogP contribution is -2.07. The Bertz CT molecular complexity index is 373. The molecule has 0 radical (unpaired) electrons. The maximum Gasteiger partial charge on any atom is 0.306 e. The van der Waals surface area contributed by atoms with Crippen molar-refractivity contribution in [3.63, 3.8) is 0 Å². The Morgan fingerprint density at radius 1 is 1.05 bits per heavy atom. The van der Waals surface area contributed by atoms with Crippen LogP contribution in [0.2, 0.25) is 0 Å². The van der Waals surface area contributed by atoms with Gasteiger partial charge in [-0.3, -0.25) is 4.79 Å². The van der Waals surface area contributed by atoms with Crippen LogP contribution in [0.25, 0.3) is 0 Å². The Labute approximate surface area is 122 Å². The van der Waals surface area contributed by atoms with Crippen molar-refractivity contribution in [3.05, 3.63) is 29.8 Å². The summed E-state index contributed by atoms with van der Waals surface area (Å²) in [5.41, 5.74) is 7.49. The minimum Gasteiger partial charge on any atom is -0.466 e. The van der Waals surface area contributed by atoms with Gasteiger partial charge >= 0.3 is 5.97 Å². The molecule has 3 nitrogen and oxygen atoms in total. The number of ether oxygens (including phenoxy) is 1. The average molecular weight is 277 g/mol. The first kappa shape index (κ1) is 16.5. The highest BCUT2D eigenvalue weighted by Crippen LogP contribution is 2.09. The fraction of sp³-hybridized carbons (Fsp3) is 0.588. The number of nitrogen functional groups attached to an aromatic ring is 1. The first-order valence-corrected chi connectivity index (χ1v) is 7.72. The molecule has 3 heteroatoms. The standard InChI is InChI=1S/C17H27NO2/c1-2-3-4-5-6-7-14-20-17(19)13-10-15-8-11-16(18)12-9-15/h8-9,11-12H,2-7,10,13-14,18H2,1H3. The van der Waals surface area contributed by atoms with Crippen molar-refractivity contribution in [2.45, 2.75) is 58.3 Å². The van der Waals surface area contributed by atoms with Crippen LogP contribution in [0.3, 0.4) is 0 Å². The van der Waals surface area contributed by atoms with Crippen LogP contribution in [0.5, 0.6) is 0 Å². The van der Waals surface area contributed by atoms with Gasteiger partial charge in [0.15, 0.2) is 0 Å². The van der Waals surface area contributed by atoms with E-state index in [1.165, 1.54) is 25.7 Å². The fourth-order valence-corrected chi connectivity index (χ4v) is 2.07. The first-order chi connectivity index (χ1) is 9.72. The molecule has 0 heterocycles. The molecule has 0 aliphatic carbocycles. The molecule has 1 rings (SSSR count). The van der Waals surface area contributed by atoms with E-state index in [0.29, 0.717) is 13.0 Å². The number of carbonyl (C=O) groups excluding carboxylic acids is 1. The normalized spacial score (nSPS) is 10.4. The van der Waals surface area contributed by atoms with Crippen LogP contribution in [0.15, 0.2) is 24.3 Å². The minimum atomic E-state index is -0.101. The van der Waals surface area contributed by atoms with Crippen LogP contribution < -0.4 is 5.73 Å². The van der Waals surface area contributed by atoms with Crippen LogP contribution >= 0.6 is 0 Å². The van der Waals surface area contributed by atoms with Crippen molar-refractivity contribution >= 4 is 11.7 Å². The average Bonchev–Trinajstić information content (AvgIpc) is 2.46. The largest absolute Gasteiger partial charge is 0.466 e. The van der Waals surface area contributed by atoms with Gasteiger partial charge in [-0.1, -0.05) is 51.2 Å². The van der Waals surface area contributed by atoms with Gasteiger partial charge in [0.2, 0.25) is 0 Å². The van der Waals surface area contributed by atoms with Crippen LogP contribution in [0.4, 0.5) is 5.69 Å². The molecule has 20 heavy (non-hydrogen) atoms. The van der Waals surface area contributed by atoms with Crippen molar-refractivity contribution in [3.8, 4) is 0 Å². The second kappa shape index (κ2) is 10.3. The molecule has 0 aliphatic rings. The molecule has 0 saturated heterocycles. The first-order valence-electron chi connectivity index (χ1n) is 7.72. The Hall–Kier alpha value is -1.51. The van der Waals surface area contributed by atoms with E-state index in [1.54, 1.807) is 0 Å². The lowest BCUT2D eigenvalue weighted by molar-refractivity contribution is -0.143. The maximum absolute atomic E-state index is 11.6. The predicted molar refractivity (Wildman–Crippen MR) is 83.5 cm³/mol. The second-order valence-electron chi connectivity index (χ2n) is 5.23. The summed E-state index contributed by atoms with van der Waals surface area (Å²) in [6, 6.07) is 7.63. The smallest absolute Gasteiger partial charge is 0.306 e. The number of rotatable bonds is 10. The van der Waals surface area contributed by atoms with E-state index in [4.69, 9.17) is 10.5 Å². The zero-order valence-electron chi connectivity index (χ0n) is 12.6. The van der Waals surface area contributed by atoms with Gasteiger partial charge < -0.3 is 10.5 Å². The number of unbranched alkanes of at least 4 members (excludes halogenated alkanes) is 5. The number of aryl methyl sites for hydroxylation is 1. The molecule has 112 valence electrons. The van der Waals surface area contributed by atoms with Crippen LogP contribution in [-0.2, 0) is 16.0 Å². The summed E-state index contributed by atoms with van der Waals surface area (Å²) in [7, 11) is 0. The van der Waals surface area contributed by atoms with Gasteiger partial charge in [0.25, 0.3) is 0 Å². The molecule has 0 unspecified atom stereocenters. The van der Waals surface area contributed by atoms with Crippen molar-refractivity contribution in [1.82, 2.24) is 0 Å². The molecule has 1 aromatic carbocycles. The third-order valence-electron chi connectivity index (χ3n) is 3.36. The maximum atomic E-state index is 11.6. The molecule has 0 bridgehead atoms. The highest BCUT2D eigenvalue weighted by atomic mass is 16.5. The number of hydrogen-bond acceptors (Lipinski definition) is 3. The SMILES string of the molecule is CCCCCCCCOC(=O)CCc1ccc(N)cc1. The van der Waals surface area contributed by atoms with E-state index in [2.05, 4.69) is 6.92 Å². The molecule has 0 spiro atoms. The number of benzene rings is 1. The third kappa shape index (κ3) is 7.82. The molecule has 1 aromatic rings. The Morgan fingerprint density at radius 2 is 1.70 bits per heavy atom. The Balaban J connectivity index is 2.01. The van der Waals surface area contributed by atoms with E-state index < -0.39 is 0 Å². The lowest BCUT2D eigenvalue weighted by atomic mass is 10.1. The highest BCUT2D eigenvalue weighted by molar-refractivity contribution is 5.69. The van der Waals surface area contributed by atoms with Gasteiger partial charge in [-0.25, -0.2) is 0 Å². The summed E-state index contributed by atoms with van der Waals surface area (Å²) in [5, 5.41) is 0. The van der Waals surface area contributed by atoms with Crippen LogP contribution in [0, 0.1) is 0 Å².